The van der Waals surface area contributed by atoms with Gasteiger partial charge in [-0.05, 0) is 82.5 Å². The van der Waals surface area contributed by atoms with Gasteiger partial charge in [-0.15, -0.1) is 0 Å². The SMILES string of the molecule is Cc1nccn1-c1ccc(Nc2nc(CCc3cccc(F)c3)c3c(n2)CCN(C(=O)OC(C)(C)C)C3)cc1. The molecule has 2 aromatic carbocycles. The molecule has 3 heterocycles. The van der Waals surface area contributed by atoms with E-state index in [9.17, 15) is 9.18 Å². The zero-order valence-corrected chi connectivity index (χ0v) is 22.7. The molecule has 1 aliphatic rings. The zero-order chi connectivity index (χ0) is 27.6. The highest BCUT2D eigenvalue weighted by atomic mass is 19.1. The summed E-state index contributed by atoms with van der Waals surface area (Å²) >= 11 is 0. The van der Waals surface area contributed by atoms with Crippen molar-refractivity contribution in [2.45, 2.75) is 59.1 Å². The number of carbonyl (C=O) groups is 1. The number of benzene rings is 2. The van der Waals surface area contributed by atoms with Crippen LogP contribution in [0, 0.1) is 12.7 Å². The highest BCUT2D eigenvalue weighted by Gasteiger charge is 2.28. The molecule has 0 spiro atoms. The molecule has 0 aliphatic carbocycles. The average molecular weight is 529 g/mol. The number of hydrogen-bond donors (Lipinski definition) is 1. The van der Waals surface area contributed by atoms with Gasteiger partial charge >= 0.3 is 6.09 Å². The molecule has 2 aromatic heterocycles. The number of amides is 1. The Labute approximate surface area is 227 Å². The maximum absolute atomic E-state index is 13.8. The summed E-state index contributed by atoms with van der Waals surface area (Å²) in [4.78, 5) is 28.5. The molecule has 1 N–H and O–H groups in total. The molecule has 0 radical (unpaired) electrons. The monoisotopic (exact) mass is 528 g/mol. The van der Waals surface area contributed by atoms with Crippen molar-refractivity contribution in [3.05, 3.63) is 95.1 Å². The van der Waals surface area contributed by atoms with Crippen molar-refractivity contribution in [3.8, 4) is 5.69 Å². The maximum Gasteiger partial charge on any atom is 0.410 e. The van der Waals surface area contributed by atoms with Gasteiger partial charge in [0.1, 0.15) is 17.2 Å². The Morgan fingerprint density at radius 3 is 2.59 bits per heavy atom. The van der Waals surface area contributed by atoms with Gasteiger partial charge in [0.25, 0.3) is 0 Å². The molecule has 0 fully saturated rings. The van der Waals surface area contributed by atoms with Crippen LogP contribution in [0.1, 0.15) is 49.1 Å². The number of nitrogens with one attached hydrogen (secondary N) is 1. The fourth-order valence-electron chi connectivity index (χ4n) is 4.67. The number of hydrogen-bond acceptors (Lipinski definition) is 6. The van der Waals surface area contributed by atoms with E-state index in [0.29, 0.717) is 38.3 Å². The first-order valence-electron chi connectivity index (χ1n) is 13.1. The molecule has 0 bridgehead atoms. The number of halogens is 1. The molecule has 9 heteroatoms. The van der Waals surface area contributed by atoms with Crippen molar-refractivity contribution in [2.24, 2.45) is 0 Å². The van der Waals surface area contributed by atoms with E-state index in [2.05, 4.69) is 10.3 Å². The smallest absolute Gasteiger partial charge is 0.410 e. The summed E-state index contributed by atoms with van der Waals surface area (Å²) in [6.07, 6.45) is 5.15. The summed E-state index contributed by atoms with van der Waals surface area (Å²) in [6, 6.07) is 14.6. The van der Waals surface area contributed by atoms with Crippen LogP contribution in [-0.2, 0) is 30.5 Å². The number of imidazole rings is 1. The number of rotatable bonds is 6. The molecule has 5 rings (SSSR count). The van der Waals surface area contributed by atoms with E-state index in [1.165, 1.54) is 6.07 Å². The van der Waals surface area contributed by atoms with Crippen molar-refractivity contribution in [3.63, 3.8) is 0 Å². The van der Waals surface area contributed by atoms with Gasteiger partial charge in [0, 0.05) is 42.3 Å². The highest BCUT2D eigenvalue weighted by Crippen LogP contribution is 2.26. The molecule has 8 nitrogen and oxygen atoms in total. The topological polar surface area (TPSA) is 85.2 Å². The number of fused-ring (bicyclic) bond motifs is 1. The molecular weight excluding hydrogens is 495 g/mol. The van der Waals surface area contributed by atoms with Gasteiger partial charge in [-0.3, -0.25) is 0 Å². The molecule has 0 saturated heterocycles. The molecule has 202 valence electrons. The lowest BCUT2D eigenvalue weighted by molar-refractivity contribution is 0.0222. The van der Waals surface area contributed by atoms with Crippen molar-refractivity contribution >= 4 is 17.7 Å². The van der Waals surface area contributed by atoms with Gasteiger partial charge in [-0.25, -0.2) is 24.1 Å². The molecule has 0 unspecified atom stereocenters. The second-order valence-corrected chi connectivity index (χ2v) is 10.7. The lowest BCUT2D eigenvalue weighted by Gasteiger charge is -2.31. The third-order valence-electron chi connectivity index (χ3n) is 6.56. The predicted octanol–water partition coefficient (Wildman–Crippen LogP) is 5.93. The van der Waals surface area contributed by atoms with E-state index in [-0.39, 0.29) is 11.9 Å². The standard InChI is InChI=1S/C30H33FN6O2/c1-20-32-15-17-37(20)24-11-9-23(10-12-24)33-28-34-26(13-8-21-6-5-7-22(31)18-21)25-19-36(16-14-27(25)35-28)29(38)39-30(2,3)4/h5-7,9-12,15,17-18H,8,13-14,16,19H2,1-4H3,(H,33,34,35). The van der Waals surface area contributed by atoms with E-state index in [1.807, 2.05) is 68.8 Å². The number of aryl methyl sites for hydroxylation is 3. The van der Waals surface area contributed by atoms with Gasteiger partial charge in [0.2, 0.25) is 5.95 Å². The molecule has 1 amide bonds. The van der Waals surface area contributed by atoms with E-state index in [4.69, 9.17) is 14.7 Å². The first-order valence-corrected chi connectivity index (χ1v) is 13.1. The Bertz CT molecular complexity index is 1480. The second-order valence-electron chi connectivity index (χ2n) is 10.7. The van der Waals surface area contributed by atoms with Gasteiger partial charge < -0.3 is 19.5 Å². The summed E-state index contributed by atoms with van der Waals surface area (Å²) < 4.78 is 21.4. The Hall–Kier alpha value is -4.27. The van der Waals surface area contributed by atoms with Gasteiger partial charge in [-0.1, -0.05) is 12.1 Å². The third kappa shape index (κ3) is 6.42. The number of nitrogens with zero attached hydrogens (tertiary/aromatic N) is 5. The molecule has 39 heavy (non-hydrogen) atoms. The summed E-state index contributed by atoms with van der Waals surface area (Å²) in [5.74, 6) is 1.15. The number of ether oxygens (including phenoxy) is 1. The number of carbonyl (C=O) groups excluding carboxylic acids is 1. The molecular formula is C30H33FN6O2. The zero-order valence-electron chi connectivity index (χ0n) is 22.7. The van der Waals surface area contributed by atoms with E-state index >= 15 is 0 Å². The number of anilines is 2. The minimum Gasteiger partial charge on any atom is -0.444 e. The fourth-order valence-corrected chi connectivity index (χ4v) is 4.67. The van der Waals surface area contributed by atoms with Crippen molar-refractivity contribution in [2.75, 3.05) is 11.9 Å². The van der Waals surface area contributed by atoms with Crippen molar-refractivity contribution in [1.29, 1.82) is 0 Å². The Kier molecular flexibility index (Phi) is 7.32. The summed E-state index contributed by atoms with van der Waals surface area (Å²) in [5.41, 5.74) is 4.87. The van der Waals surface area contributed by atoms with Crippen LogP contribution < -0.4 is 5.32 Å². The largest absolute Gasteiger partial charge is 0.444 e. The normalized spacial score (nSPS) is 13.2. The average Bonchev–Trinajstić information content (AvgIpc) is 3.32. The third-order valence-corrected chi connectivity index (χ3v) is 6.56. The second kappa shape index (κ2) is 10.8. The minimum absolute atomic E-state index is 0.259. The molecule has 0 atom stereocenters. The Balaban J connectivity index is 1.40. The quantitative estimate of drug-likeness (QED) is 0.334. The van der Waals surface area contributed by atoms with Crippen LogP contribution in [0.3, 0.4) is 0 Å². The molecule has 0 saturated carbocycles. The molecule has 1 aliphatic heterocycles. The lowest BCUT2D eigenvalue weighted by atomic mass is 9.99. The van der Waals surface area contributed by atoms with Crippen molar-refractivity contribution in [1.82, 2.24) is 24.4 Å². The summed E-state index contributed by atoms with van der Waals surface area (Å²) in [6.45, 7) is 8.43. The van der Waals surface area contributed by atoms with Crippen LogP contribution in [0.5, 0.6) is 0 Å². The van der Waals surface area contributed by atoms with Crippen LogP contribution in [0.4, 0.5) is 20.8 Å². The first-order chi connectivity index (χ1) is 18.6. The summed E-state index contributed by atoms with van der Waals surface area (Å²) in [5, 5.41) is 3.34. The minimum atomic E-state index is -0.575. The predicted molar refractivity (Wildman–Crippen MR) is 148 cm³/mol. The van der Waals surface area contributed by atoms with Gasteiger partial charge in [-0.2, -0.15) is 0 Å². The lowest BCUT2D eigenvalue weighted by Crippen LogP contribution is -2.40. The maximum atomic E-state index is 13.8. The van der Waals surface area contributed by atoms with Crippen LogP contribution in [0.25, 0.3) is 5.69 Å². The van der Waals surface area contributed by atoms with Crippen LogP contribution >= 0.6 is 0 Å². The van der Waals surface area contributed by atoms with Crippen LogP contribution in [-0.4, -0.2) is 42.7 Å². The van der Waals surface area contributed by atoms with Crippen LogP contribution in [0.2, 0.25) is 0 Å². The van der Waals surface area contributed by atoms with E-state index < -0.39 is 5.60 Å². The van der Waals surface area contributed by atoms with E-state index in [0.717, 1.165) is 39.7 Å². The first kappa shape index (κ1) is 26.3. The van der Waals surface area contributed by atoms with Gasteiger partial charge in [0.15, 0.2) is 0 Å². The molecule has 4 aromatic rings. The highest BCUT2D eigenvalue weighted by molar-refractivity contribution is 5.69. The van der Waals surface area contributed by atoms with Crippen molar-refractivity contribution < 1.29 is 13.9 Å². The van der Waals surface area contributed by atoms with E-state index in [1.54, 1.807) is 23.2 Å². The summed E-state index contributed by atoms with van der Waals surface area (Å²) in [7, 11) is 0. The fraction of sp³-hybridized carbons (Fsp3) is 0.333. The Morgan fingerprint density at radius 2 is 1.90 bits per heavy atom. The number of aromatic nitrogens is 4. The van der Waals surface area contributed by atoms with Gasteiger partial charge in [0.05, 0.1) is 17.9 Å². The Morgan fingerprint density at radius 1 is 1.10 bits per heavy atom. The van der Waals surface area contributed by atoms with Crippen LogP contribution in [0.15, 0.2) is 60.9 Å².